The lowest BCUT2D eigenvalue weighted by Gasteiger charge is -1.98. The number of hydrogen-bond acceptors (Lipinski definition) is 5. The van der Waals surface area contributed by atoms with Gasteiger partial charge >= 0.3 is 17.9 Å². The maximum atomic E-state index is 9.90. The first-order valence-electron chi connectivity index (χ1n) is 11.2. The van der Waals surface area contributed by atoms with Crippen molar-refractivity contribution in [3.63, 3.8) is 0 Å². The van der Waals surface area contributed by atoms with Gasteiger partial charge in [-0.25, -0.2) is 0 Å². The zero-order valence-corrected chi connectivity index (χ0v) is 18.7. The number of carboxylic acids is 3. The highest BCUT2D eigenvalue weighted by molar-refractivity contribution is 5.68. The van der Waals surface area contributed by atoms with E-state index in [0.29, 0.717) is 32.3 Å². The molecule has 0 aromatic rings. The summed E-state index contributed by atoms with van der Waals surface area (Å²) in [7, 11) is 0. The summed E-state index contributed by atoms with van der Waals surface area (Å²) in [5.74, 6) is -2.50. The summed E-state index contributed by atoms with van der Waals surface area (Å²) < 4.78 is 0. The van der Waals surface area contributed by atoms with E-state index in [1.165, 1.54) is 44.9 Å². The van der Waals surface area contributed by atoms with Gasteiger partial charge in [0, 0.05) is 32.5 Å². The summed E-state index contributed by atoms with van der Waals surface area (Å²) in [6, 6.07) is 0. The second kappa shape index (κ2) is 29.5. The van der Waals surface area contributed by atoms with Crippen LogP contribution in [0.3, 0.4) is 0 Å². The van der Waals surface area contributed by atoms with E-state index >= 15 is 0 Å². The van der Waals surface area contributed by atoms with Crippen LogP contribution in [0, 0.1) is 0 Å². The fourth-order valence-electron chi connectivity index (χ4n) is 2.36. The first-order chi connectivity index (χ1) is 14.3. The van der Waals surface area contributed by atoms with E-state index in [1.54, 1.807) is 0 Å². The van der Waals surface area contributed by atoms with Crippen molar-refractivity contribution in [3.8, 4) is 0 Å². The smallest absolute Gasteiger partial charge is 0.303 e. The number of carbonyl (C=O) groups is 3. The molecule has 0 aromatic heterocycles. The summed E-state index contributed by atoms with van der Waals surface area (Å²) in [6.45, 7) is 2.78. The van der Waals surface area contributed by atoms with Crippen molar-refractivity contribution in [1.29, 1.82) is 0 Å². The van der Waals surface area contributed by atoms with E-state index in [9.17, 15) is 14.4 Å². The van der Waals surface area contributed by atoms with Crippen LogP contribution < -0.4 is 0 Å². The van der Waals surface area contributed by atoms with Gasteiger partial charge in [0.1, 0.15) is 0 Å². The molecule has 0 fully saturated rings. The number of carboxylic acid groups (broad SMARTS) is 3. The zero-order valence-electron chi connectivity index (χ0n) is 18.7. The van der Waals surface area contributed by atoms with Crippen molar-refractivity contribution >= 4 is 17.9 Å². The maximum Gasteiger partial charge on any atom is 0.303 e. The molecular weight excluding hydrogens is 392 g/mol. The molecule has 0 aliphatic heterocycles. The van der Waals surface area contributed by atoms with Crippen LogP contribution in [0.4, 0.5) is 0 Å². The van der Waals surface area contributed by atoms with Crippen molar-refractivity contribution in [2.24, 2.45) is 0 Å². The van der Waals surface area contributed by atoms with Gasteiger partial charge in [0.25, 0.3) is 0 Å². The maximum absolute atomic E-state index is 9.90. The van der Waals surface area contributed by atoms with E-state index in [-0.39, 0.29) is 25.9 Å². The van der Waals surface area contributed by atoms with Crippen molar-refractivity contribution in [1.82, 2.24) is 0 Å². The van der Waals surface area contributed by atoms with Crippen LogP contribution in [-0.4, -0.2) is 56.7 Å². The predicted molar refractivity (Wildman–Crippen MR) is 117 cm³/mol. The van der Waals surface area contributed by atoms with E-state index in [0.717, 1.165) is 12.8 Å². The molecular formula is C22H44O8. The second-order valence-electron chi connectivity index (χ2n) is 7.12. The Bertz CT molecular complexity index is 361. The summed E-state index contributed by atoms with van der Waals surface area (Å²) in [5, 5.41) is 41.2. The summed E-state index contributed by atoms with van der Waals surface area (Å²) in [4.78, 5) is 29.7. The molecule has 0 aliphatic carbocycles. The standard InChI is InChI=1S/C10H22O.C6H10O4.C6H12O3/c1-2-3-4-5-6-7-8-9-10-11;7-5(8)3-1-2-4-6(9)10;7-5-3-1-2-4-6(8)9/h11H,2-10H2,1H3;1-4H2,(H,7,8)(H,9,10);7H,1-5H2,(H,8,9). The summed E-state index contributed by atoms with van der Waals surface area (Å²) in [5.41, 5.74) is 0. The van der Waals surface area contributed by atoms with Crippen LogP contribution in [0.1, 0.15) is 110 Å². The molecule has 0 aliphatic rings. The average molecular weight is 437 g/mol. The topological polar surface area (TPSA) is 152 Å². The highest BCUT2D eigenvalue weighted by Gasteiger charge is 1.99. The fourth-order valence-corrected chi connectivity index (χ4v) is 2.36. The van der Waals surface area contributed by atoms with Crippen LogP contribution in [0.25, 0.3) is 0 Å². The van der Waals surface area contributed by atoms with Gasteiger partial charge in [0.2, 0.25) is 0 Å². The van der Waals surface area contributed by atoms with Crippen LogP contribution in [0.15, 0.2) is 0 Å². The fraction of sp³-hybridized carbons (Fsp3) is 0.864. The van der Waals surface area contributed by atoms with Gasteiger partial charge in [-0.2, -0.15) is 0 Å². The van der Waals surface area contributed by atoms with E-state index in [1.807, 2.05) is 0 Å². The lowest BCUT2D eigenvalue weighted by Crippen LogP contribution is -1.97. The van der Waals surface area contributed by atoms with Gasteiger partial charge in [-0.05, 0) is 32.1 Å². The van der Waals surface area contributed by atoms with Crippen LogP contribution in [0.5, 0.6) is 0 Å². The molecule has 0 saturated heterocycles. The molecule has 8 heteroatoms. The summed E-state index contributed by atoms with van der Waals surface area (Å²) in [6.07, 6.45) is 13.8. The lowest BCUT2D eigenvalue weighted by molar-refractivity contribution is -0.139. The minimum absolute atomic E-state index is 0.0628. The van der Waals surface area contributed by atoms with Gasteiger partial charge in [-0.3, -0.25) is 14.4 Å². The molecule has 0 bridgehead atoms. The monoisotopic (exact) mass is 436 g/mol. The van der Waals surface area contributed by atoms with Crippen molar-refractivity contribution in [3.05, 3.63) is 0 Å². The molecule has 0 heterocycles. The molecule has 5 N–H and O–H groups in total. The average Bonchev–Trinajstić information content (AvgIpc) is 2.69. The third-order valence-corrected chi connectivity index (χ3v) is 4.09. The van der Waals surface area contributed by atoms with Crippen LogP contribution in [0.2, 0.25) is 0 Å². The quantitative estimate of drug-likeness (QED) is 0.197. The largest absolute Gasteiger partial charge is 0.481 e. The number of hydrogen-bond donors (Lipinski definition) is 5. The molecule has 0 saturated carbocycles. The Balaban J connectivity index is -0.000000366. The third kappa shape index (κ3) is 45.2. The number of unbranched alkanes of at least 4 members (excludes halogenated alkanes) is 10. The Kier molecular flexibility index (Phi) is 32.5. The van der Waals surface area contributed by atoms with Gasteiger partial charge in [0.15, 0.2) is 0 Å². The summed E-state index contributed by atoms with van der Waals surface area (Å²) >= 11 is 0. The van der Waals surface area contributed by atoms with Crippen molar-refractivity contribution in [2.75, 3.05) is 13.2 Å². The molecule has 0 unspecified atom stereocenters. The van der Waals surface area contributed by atoms with Crippen LogP contribution in [-0.2, 0) is 14.4 Å². The Labute approximate surface area is 181 Å². The van der Waals surface area contributed by atoms with E-state index in [2.05, 4.69) is 6.92 Å². The van der Waals surface area contributed by atoms with E-state index in [4.69, 9.17) is 25.5 Å². The van der Waals surface area contributed by atoms with E-state index < -0.39 is 17.9 Å². The minimum atomic E-state index is -0.870. The van der Waals surface area contributed by atoms with Crippen LogP contribution >= 0.6 is 0 Å². The molecule has 0 rings (SSSR count). The highest BCUT2D eigenvalue weighted by atomic mass is 16.4. The molecule has 0 spiro atoms. The SMILES string of the molecule is CCCCCCCCCCO.O=C(O)CCCCC(=O)O.O=C(O)CCCCCO. The second-order valence-corrected chi connectivity index (χ2v) is 7.12. The first kappa shape index (κ1) is 33.0. The Morgan fingerprint density at radius 1 is 0.467 bits per heavy atom. The van der Waals surface area contributed by atoms with Gasteiger partial charge in [-0.15, -0.1) is 0 Å². The molecule has 0 radical (unpaired) electrons. The highest BCUT2D eigenvalue weighted by Crippen LogP contribution is 2.07. The number of aliphatic hydroxyl groups excluding tert-OH is 2. The minimum Gasteiger partial charge on any atom is -0.481 e. The Morgan fingerprint density at radius 2 is 0.733 bits per heavy atom. The molecule has 0 atom stereocenters. The molecule has 0 aromatic carbocycles. The predicted octanol–water partition coefficient (Wildman–Crippen LogP) is 4.46. The Hall–Kier alpha value is -1.67. The third-order valence-electron chi connectivity index (χ3n) is 4.09. The first-order valence-corrected chi connectivity index (χ1v) is 11.2. The normalized spacial score (nSPS) is 9.70. The van der Waals surface area contributed by atoms with Gasteiger partial charge in [0.05, 0.1) is 0 Å². The van der Waals surface area contributed by atoms with Gasteiger partial charge in [-0.1, -0.05) is 58.3 Å². The number of aliphatic hydroxyl groups is 2. The zero-order chi connectivity index (χ0) is 23.5. The molecule has 30 heavy (non-hydrogen) atoms. The van der Waals surface area contributed by atoms with Gasteiger partial charge < -0.3 is 25.5 Å². The Morgan fingerprint density at radius 3 is 1.03 bits per heavy atom. The molecule has 180 valence electrons. The molecule has 0 amide bonds. The van der Waals surface area contributed by atoms with Crippen molar-refractivity contribution in [2.45, 2.75) is 110 Å². The van der Waals surface area contributed by atoms with Crippen molar-refractivity contribution < 1.29 is 39.9 Å². The number of rotatable bonds is 18. The molecule has 8 nitrogen and oxygen atoms in total. The lowest BCUT2D eigenvalue weighted by atomic mass is 10.1. The number of aliphatic carboxylic acids is 3.